The first-order valence-electron chi connectivity index (χ1n) is 14.2. The predicted molar refractivity (Wildman–Crippen MR) is 164 cm³/mol. The van der Waals surface area contributed by atoms with Crippen LogP contribution in [0.25, 0.3) is 10.4 Å². The Balaban J connectivity index is 1.53. The molecule has 1 heterocycles. The van der Waals surface area contributed by atoms with Crippen LogP contribution in [0.1, 0.15) is 41.4 Å². The normalized spacial score (nSPS) is 20.3. The van der Waals surface area contributed by atoms with E-state index in [0.29, 0.717) is 0 Å². The van der Waals surface area contributed by atoms with Crippen molar-refractivity contribution in [3.05, 3.63) is 154 Å². The number of carbonyl (C=O) groups is 4. The Bertz CT molecular complexity index is 1700. The van der Waals surface area contributed by atoms with Crippen LogP contribution >= 0.6 is 0 Å². The van der Waals surface area contributed by atoms with E-state index in [4.69, 9.17) is 18.9 Å². The molecule has 1 aliphatic heterocycles. The van der Waals surface area contributed by atoms with Crippen molar-refractivity contribution >= 4 is 23.8 Å². The van der Waals surface area contributed by atoms with Gasteiger partial charge in [0, 0.05) is 10.5 Å². The van der Waals surface area contributed by atoms with E-state index in [9.17, 15) is 24.7 Å². The highest BCUT2D eigenvalue weighted by molar-refractivity contribution is 5.94. The summed E-state index contributed by atoms with van der Waals surface area (Å²) in [5, 5.41) is 6.45. The van der Waals surface area contributed by atoms with Crippen LogP contribution in [0.5, 0.6) is 0 Å². The van der Waals surface area contributed by atoms with E-state index < -0.39 is 61.0 Å². The summed E-state index contributed by atoms with van der Waals surface area (Å²) >= 11 is 0. The third-order valence-electron chi connectivity index (χ3n) is 7.06. The summed E-state index contributed by atoms with van der Waals surface area (Å²) in [4.78, 5) is 55.9. The molecule has 0 spiro atoms. The molecule has 1 fully saturated rings. The van der Waals surface area contributed by atoms with Gasteiger partial charge in [0.05, 0.1) is 16.7 Å². The van der Waals surface area contributed by atoms with Gasteiger partial charge >= 0.3 is 17.9 Å². The fraction of sp³-hybridized carbons (Fsp3) is 0.176. The highest BCUT2D eigenvalue weighted by Gasteiger charge is 2.51. The average Bonchev–Trinajstić information content (AvgIpc) is 3.11. The zero-order valence-corrected chi connectivity index (χ0v) is 24.2. The molecule has 0 unspecified atom stereocenters. The van der Waals surface area contributed by atoms with Crippen LogP contribution in [-0.2, 0) is 18.9 Å². The number of hydrogen-bond donors (Lipinski definition) is 1. The van der Waals surface area contributed by atoms with Crippen molar-refractivity contribution < 1.29 is 38.1 Å². The lowest BCUT2D eigenvalue weighted by atomic mass is 9.94. The number of nitrogens with one attached hydrogen (secondary N) is 1. The Morgan fingerprint density at radius 1 is 0.652 bits per heavy atom. The van der Waals surface area contributed by atoms with Crippen LogP contribution in [0.4, 0.5) is 0 Å². The van der Waals surface area contributed by atoms with Crippen LogP contribution in [-0.4, -0.2) is 61.0 Å². The molecule has 0 radical (unpaired) electrons. The minimum atomic E-state index is -1.47. The molecule has 232 valence electrons. The van der Waals surface area contributed by atoms with Gasteiger partial charge in [-0.15, -0.1) is 0 Å². The molecule has 1 aliphatic rings. The molecule has 12 heteroatoms. The summed E-state index contributed by atoms with van der Waals surface area (Å²) in [6.07, 6.45) is -5.69. The molecule has 1 amide bonds. The predicted octanol–water partition coefficient (Wildman–Crippen LogP) is 5.13. The third-order valence-corrected chi connectivity index (χ3v) is 7.06. The van der Waals surface area contributed by atoms with Crippen LogP contribution < -0.4 is 5.32 Å². The topological polar surface area (TPSA) is 166 Å². The van der Waals surface area contributed by atoms with E-state index in [1.807, 2.05) is 0 Å². The van der Waals surface area contributed by atoms with Gasteiger partial charge in [0.1, 0.15) is 18.8 Å². The summed E-state index contributed by atoms with van der Waals surface area (Å²) < 4.78 is 23.4. The number of ether oxygens (including phenoxy) is 4. The number of benzene rings is 4. The monoisotopic (exact) mass is 620 g/mol. The first kappa shape index (κ1) is 31.5. The zero-order valence-electron chi connectivity index (χ0n) is 24.2. The number of azide groups is 1. The van der Waals surface area contributed by atoms with E-state index in [0.717, 1.165) is 0 Å². The Kier molecular flexibility index (Phi) is 10.4. The van der Waals surface area contributed by atoms with Crippen molar-refractivity contribution in [1.29, 1.82) is 0 Å². The molecule has 5 rings (SSSR count). The largest absolute Gasteiger partial charge is 0.459 e. The molecular weight excluding hydrogens is 592 g/mol. The van der Waals surface area contributed by atoms with Gasteiger partial charge in [-0.3, -0.25) is 4.79 Å². The molecule has 12 nitrogen and oxygen atoms in total. The first-order valence-corrected chi connectivity index (χ1v) is 14.2. The Hall–Kier alpha value is -5.97. The van der Waals surface area contributed by atoms with Crippen LogP contribution in [0, 0.1) is 0 Å². The maximum absolute atomic E-state index is 13.4. The quantitative estimate of drug-likeness (QED) is 0.0838. The second-order valence-electron chi connectivity index (χ2n) is 10.1. The molecule has 46 heavy (non-hydrogen) atoms. The van der Waals surface area contributed by atoms with Crippen molar-refractivity contribution in [1.82, 2.24) is 5.32 Å². The van der Waals surface area contributed by atoms with E-state index in [1.165, 1.54) is 24.3 Å². The summed E-state index contributed by atoms with van der Waals surface area (Å²) in [5.41, 5.74) is 10.3. The van der Waals surface area contributed by atoms with Crippen molar-refractivity contribution in [2.24, 2.45) is 5.11 Å². The van der Waals surface area contributed by atoms with Gasteiger partial charge in [-0.05, 0) is 54.1 Å². The minimum Gasteiger partial charge on any atom is -0.459 e. The number of hydrogen-bond acceptors (Lipinski definition) is 9. The molecule has 0 aliphatic carbocycles. The van der Waals surface area contributed by atoms with E-state index >= 15 is 0 Å². The number of rotatable bonds is 10. The molecule has 0 bridgehead atoms. The number of esters is 3. The Morgan fingerprint density at radius 3 is 1.57 bits per heavy atom. The van der Waals surface area contributed by atoms with Crippen molar-refractivity contribution in [2.75, 3.05) is 6.61 Å². The third kappa shape index (κ3) is 7.75. The highest BCUT2D eigenvalue weighted by Crippen LogP contribution is 2.30. The second-order valence-corrected chi connectivity index (χ2v) is 10.1. The fourth-order valence-corrected chi connectivity index (χ4v) is 4.81. The standard InChI is InChI=1S/C34H28N4O8/c35-38-37-31-27(36-30(39)22-13-5-1-6-14-22)29(46-34(42)25-19-11-4-12-20-25)28(45-33(41)24-17-9-3-10-18-24)26(44-31)21-43-32(40)23-15-7-2-8-16-23/h1-20,26-29,31H,21H2,(H,36,39)/t26-,27-,28-,29-,31-/m1/s1. The van der Waals surface area contributed by atoms with Gasteiger partial charge in [-0.1, -0.05) is 77.9 Å². The SMILES string of the molecule is [N-]=[N+]=N[C@@H]1O[C@H](COC(=O)c2ccccc2)[C@@H](OC(=O)c2ccccc2)[C@H](OC(=O)c2ccccc2)[C@H]1NC(=O)c1ccccc1. The summed E-state index contributed by atoms with van der Waals surface area (Å²) in [5.74, 6) is -2.91. The lowest BCUT2D eigenvalue weighted by Gasteiger charge is -2.44. The van der Waals surface area contributed by atoms with Crippen molar-refractivity contribution in [3.8, 4) is 0 Å². The minimum absolute atomic E-state index is 0.169. The van der Waals surface area contributed by atoms with Gasteiger partial charge in [0.15, 0.2) is 18.4 Å². The van der Waals surface area contributed by atoms with Crippen LogP contribution in [0.15, 0.2) is 126 Å². The van der Waals surface area contributed by atoms with Gasteiger partial charge in [-0.25, -0.2) is 14.4 Å². The number of nitrogens with zero attached hydrogens (tertiary/aromatic N) is 3. The summed E-state index contributed by atoms with van der Waals surface area (Å²) in [6, 6.07) is 31.1. The van der Waals surface area contributed by atoms with E-state index in [2.05, 4.69) is 15.3 Å². The zero-order chi connectivity index (χ0) is 32.3. The molecular formula is C34H28N4O8. The van der Waals surface area contributed by atoms with Crippen molar-refractivity contribution in [3.63, 3.8) is 0 Å². The molecule has 0 aromatic heterocycles. The Labute approximate surface area is 263 Å². The maximum atomic E-state index is 13.4. The summed E-state index contributed by atoms with van der Waals surface area (Å²) in [6.45, 7) is -0.489. The number of carbonyl (C=O) groups excluding carboxylic acids is 4. The van der Waals surface area contributed by atoms with Gasteiger partial charge < -0.3 is 24.3 Å². The maximum Gasteiger partial charge on any atom is 0.338 e. The molecule has 4 aromatic rings. The lowest BCUT2D eigenvalue weighted by Crippen LogP contribution is -2.65. The molecule has 5 atom stereocenters. The fourth-order valence-electron chi connectivity index (χ4n) is 4.81. The molecule has 1 saturated heterocycles. The number of amides is 1. The van der Waals surface area contributed by atoms with E-state index in [1.54, 1.807) is 97.1 Å². The smallest absolute Gasteiger partial charge is 0.338 e. The van der Waals surface area contributed by atoms with Gasteiger partial charge in [0.25, 0.3) is 5.91 Å². The van der Waals surface area contributed by atoms with Gasteiger partial charge in [-0.2, -0.15) is 0 Å². The molecule has 0 saturated carbocycles. The highest BCUT2D eigenvalue weighted by atomic mass is 16.6. The molecule has 1 N–H and O–H groups in total. The first-order chi connectivity index (χ1) is 22.4. The average molecular weight is 621 g/mol. The van der Waals surface area contributed by atoms with Crippen LogP contribution in [0.3, 0.4) is 0 Å². The van der Waals surface area contributed by atoms with Gasteiger partial charge in [0.2, 0.25) is 0 Å². The van der Waals surface area contributed by atoms with Crippen molar-refractivity contribution in [2.45, 2.75) is 30.6 Å². The lowest BCUT2D eigenvalue weighted by molar-refractivity contribution is -0.192. The van der Waals surface area contributed by atoms with E-state index in [-0.39, 0.29) is 22.3 Å². The summed E-state index contributed by atoms with van der Waals surface area (Å²) in [7, 11) is 0. The Morgan fingerprint density at radius 2 is 1.09 bits per heavy atom. The van der Waals surface area contributed by atoms with Crippen LogP contribution in [0.2, 0.25) is 0 Å². The molecule has 4 aromatic carbocycles. The second kappa shape index (κ2) is 15.2.